The number of nitrogens with one attached hydrogen (secondary N) is 2. The molecule has 1 atom stereocenters. The van der Waals surface area contributed by atoms with Crippen LogP contribution in [0.15, 0.2) is 24.3 Å². The van der Waals surface area contributed by atoms with Crippen LogP contribution in [0.25, 0.3) is 0 Å². The largest absolute Gasteiger partial charge is 0.484 e. The molecule has 1 fully saturated rings. The Morgan fingerprint density at radius 2 is 2.20 bits per heavy atom. The van der Waals surface area contributed by atoms with Crippen molar-refractivity contribution in [1.29, 1.82) is 0 Å². The van der Waals surface area contributed by atoms with Gasteiger partial charge in [-0.05, 0) is 37.8 Å². The Hall–Kier alpha value is -2.04. The Morgan fingerprint density at radius 1 is 1.40 bits per heavy atom. The van der Waals surface area contributed by atoms with Gasteiger partial charge in [0.15, 0.2) is 6.61 Å². The normalized spacial score (nSPS) is 18.9. The molecule has 1 unspecified atom stereocenters. The Morgan fingerprint density at radius 3 is 3.00 bits per heavy atom. The van der Waals surface area contributed by atoms with Gasteiger partial charge in [-0.25, -0.2) is 0 Å². The van der Waals surface area contributed by atoms with Crippen molar-refractivity contribution in [3.8, 4) is 5.75 Å². The van der Waals surface area contributed by atoms with Gasteiger partial charge >= 0.3 is 0 Å². The van der Waals surface area contributed by atoms with E-state index in [2.05, 4.69) is 10.6 Å². The highest BCUT2D eigenvalue weighted by Crippen LogP contribution is 2.15. The van der Waals surface area contributed by atoms with Crippen molar-refractivity contribution in [2.75, 3.05) is 13.2 Å². The molecule has 0 aliphatic carbocycles. The smallest absolute Gasteiger partial charge is 0.258 e. The first-order valence-electron chi connectivity index (χ1n) is 6.92. The number of benzene rings is 1. The summed E-state index contributed by atoms with van der Waals surface area (Å²) < 4.78 is 5.46. The van der Waals surface area contributed by atoms with Crippen molar-refractivity contribution in [3.63, 3.8) is 0 Å². The van der Waals surface area contributed by atoms with Crippen LogP contribution in [0.5, 0.6) is 5.75 Å². The van der Waals surface area contributed by atoms with E-state index >= 15 is 0 Å². The maximum absolute atomic E-state index is 11.8. The summed E-state index contributed by atoms with van der Waals surface area (Å²) in [5, 5.41) is 5.51. The Labute approximate surface area is 118 Å². The van der Waals surface area contributed by atoms with Crippen LogP contribution in [0.3, 0.4) is 0 Å². The maximum Gasteiger partial charge on any atom is 0.258 e. The van der Waals surface area contributed by atoms with Gasteiger partial charge in [-0.2, -0.15) is 0 Å². The van der Waals surface area contributed by atoms with Gasteiger partial charge in [0.25, 0.3) is 5.91 Å². The van der Waals surface area contributed by atoms with Gasteiger partial charge < -0.3 is 15.4 Å². The zero-order valence-corrected chi connectivity index (χ0v) is 11.6. The number of ether oxygens (including phenoxy) is 1. The van der Waals surface area contributed by atoms with E-state index in [1.165, 1.54) is 0 Å². The number of amides is 2. The highest BCUT2D eigenvalue weighted by Gasteiger charge is 2.22. The second-order valence-electron chi connectivity index (χ2n) is 4.96. The molecule has 1 aromatic carbocycles. The molecule has 1 saturated heterocycles. The predicted molar refractivity (Wildman–Crippen MR) is 75.5 cm³/mol. The average molecular weight is 276 g/mol. The van der Waals surface area contributed by atoms with E-state index in [0.29, 0.717) is 18.7 Å². The molecule has 5 heteroatoms. The van der Waals surface area contributed by atoms with E-state index in [9.17, 15) is 9.59 Å². The van der Waals surface area contributed by atoms with Gasteiger partial charge in [0.2, 0.25) is 5.91 Å². The molecular weight excluding hydrogens is 256 g/mol. The number of hydrogen-bond acceptors (Lipinski definition) is 3. The van der Waals surface area contributed by atoms with Crippen molar-refractivity contribution >= 4 is 11.8 Å². The Bertz CT molecular complexity index is 488. The second-order valence-corrected chi connectivity index (χ2v) is 4.96. The Kier molecular flexibility index (Phi) is 4.98. The minimum atomic E-state index is -0.439. The molecule has 0 bridgehead atoms. The van der Waals surface area contributed by atoms with E-state index in [0.717, 1.165) is 18.4 Å². The number of rotatable bonds is 4. The van der Waals surface area contributed by atoms with Crippen molar-refractivity contribution in [2.24, 2.45) is 0 Å². The molecule has 2 amide bonds. The summed E-state index contributed by atoms with van der Waals surface area (Å²) in [6.45, 7) is 2.53. The topological polar surface area (TPSA) is 67.4 Å². The third kappa shape index (κ3) is 3.98. The zero-order valence-electron chi connectivity index (χ0n) is 11.6. The molecule has 0 radical (unpaired) electrons. The molecule has 1 aromatic rings. The fourth-order valence-electron chi connectivity index (χ4n) is 2.17. The van der Waals surface area contributed by atoms with E-state index in [-0.39, 0.29) is 18.4 Å². The molecule has 108 valence electrons. The number of para-hydroxylation sites is 1. The van der Waals surface area contributed by atoms with Gasteiger partial charge in [-0.3, -0.25) is 9.59 Å². The third-order valence-corrected chi connectivity index (χ3v) is 3.32. The highest BCUT2D eigenvalue weighted by molar-refractivity contribution is 5.88. The third-order valence-electron chi connectivity index (χ3n) is 3.32. The lowest BCUT2D eigenvalue weighted by molar-refractivity contribution is -0.129. The average Bonchev–Trinajstić information content (AvgIpc) is 2.63. The van der Waals surface area contributed by atoms with Crippen molar-refractivity contribution in [1.82, 2.24) is 10.6 Å². The molecule has 0 spiro atoms. The number of hydrogen-bond donors (Lipinski definition) is 2. The van der Waals surface area contributed by atoms with E-state index < -0.39 is 6.04 Å². The zero-order chi connectivity index (χ0) is 14.4. The molecule has 5 nitrogen and oxygen atoms in total. The van der Waals surface area contributed by atoms with Crippen molar-refractivity contribution in [3.05, 3.63) is 29.8 Å². The predicted octanol–water partition coefficient (Wildman–Crippen LogP) is 1.16. The first kappa shape index (κ1) is 14.4. The highest BCUT2D eigenvalue weighted by atomic mass is 16.5. The number of aryl methyl sites for hydroxylation is 1. The van der Waals surface area contributed by atoms with Crippen LogP contribution < -0.4 is 15.4 Å². The van der Waals surface area contributed by atoms with E-state index in [1.54, 1.807) is 0 Å². The molecule has 2 N–H and O–H groups in total. The summed E-state index contributed by atoms with van der Waals surface area (Å²) in [6, 6.07) is 7.08. The van der Waals surface area contributed by atoms with Crippen molar-refractivity contribution < 1.29 is 14.3 Å². The molecule has 2 rings (SSSR count). The number of carbonyl (C=O) groups excluding carboxylic acids is 2. The summed E-state index contributed by atoms with van der Waals surface area (Å²) in [5.74, 6) is 0.315. The molecule has 1 aliphatic heterocycles. The van der Waals surface area contributed by atoms with Crippen LogP contribution in [0.1, 0.15) is 24.8 Å². The first-order valence-corrected chi connectivity index (χ1v) is 6.92. The lowest BCUT2D eigenvalue weighted by atomic mass is 10.1. The molecular formula is C15H20N2O3. The molecule has 20 heavy (non-hydrogen) atoms. The number of carbonyl (C=O) groups is 2. The summed E-state index contributed by atoms with van der Waals surface area (Å²) >= 11 is 0. The van der Waals surface area contributed by atoms with Crippen LogP contribution in [0.2, 0.25) is 0 Å². The van der Waals surface area contributed by atoms with Gasteiger partial charge in [0.1, 0.15) is 11.8 Å². The van der Waals surface area contributed by atoms with Crippen LogP contribution in [0.4, 0.5) is 0 Å². The standard InChI is InChI=1S/C15H20N2O3/c1-11-6-2-3-8-13(11)20-10-14(18)17-12-7-4-5-9-16-15(12)19/h2-3,6,8,12H,4-5,7,9-10H2,1H3,(H,16,19)(H,17,18). The fourth-order valence-corrected chi connectivity index (χ4v) is 2.17. The summed E-state index contributed by atoms with van der Waals surface area (Å²) in [7, 11) is 0. The maximum atomic E-state index is 11.8. The monoisotopic (exact) mass is 276 g/mol. The fraction of sp³-hybridized carbons (Fsp3) is 0.467. The first-order chi connectivity index (χ1) is 9.66. The molecule has 0 saturated carbocycles. The summed E-state index contributed by atoms with van der Waals surface area (Å²) in [4.78, 5) is 23.5. The van der Waals surface area contributed by atoms with Gasteiger partial charge in [0, 0.05) is 6.54 Å². The quantitative estimate of drug-likeness (QED) is 0.867. The molecule has 1 heterocycles. The molecule has 0 aromatic heterocycles. The lowest BCUT2D eigenvalue weighted by Crippen LogP contribution is -2.46. The minimum absolute atomic E-state index is 0.0748. The SMILES string of the molecule is Cc1ccccc1OCC(=O)NC1CCCCNC1=O. The minimum Gasteiger partial charge on any atom is -0.484 e. The molecule has 1 aliphatic rings. The summed E-state index contributed by atoms with van der Waals surface area (Å²) in [6.07, 6.45) is 2.57. The van der Waals surface area contributed by atoms with E-state index in [4.69, 9.17) is 4.74 Å². The second kappa shape index (κ2) is 6.93. The van der Waals surface area contributed by atoms with Gasteiger partial charge in [-0.1, -0.05) is 18.2 Å². The Balaban J connectivity index is 1.83. The van der Waals surface area contributed by atoms with Crippen molar-refractivity contribution in [2.45, 2.75) is 32.2 Å². The van der Waals surface area contributed by atoms with E-state index in [1.807, 2.05) is 31.2 Å². The van der Waals surface area contributed by atoms with Crippen LogP contribution >= 0.6 is 0 Å². The van der Waals surface area contributed by atoms with Crippen LogP contribution in [0, 0.1) is 6.92 Å². The van der Waals surface area contributed by atoms with Gasteiger partial charge in [0.05, 0.1) is 0 Å². The lowest BCUT2D eigenvalue weighted by Gasteiger charge is -2.15. The van der Waals surface area contributed by atoms with Crippen LogP contribution in [-0.4, -0.2) is 31.0 Å². The van der Waals surface area contributed by atoms with Gasteiger partial charge in [-0.15, -0.1) is 0 Å². The van der Waals surface area contributed by atoms with Crippen LogP contribution in [-0.2, 0) is 9.59 Å². The summed E-state index contributed by atoms with van der Waals surface area (Å²) in [5.41, 5.74) is 0.979.